The molecule has 53 valence electrons. The molecular formula is C8H15O. The molecule has 0 aromatic rings. The van der Waals surface area contributed by atoms with Crippen LogP contribution in [0.2, 0.25) is 0 Å². The van der Waals surface area contributed by atoms with Gasteiger partial charge < -0.3 is 5.11 Å². The molecule has 0 aromatic heterocycles. The first-order valence-corrected chi connectivity index (χ1v) is 3.82. The van der Waals surface area contributed by atoms with Gasteiger partial charge in [-0.25, -0.2) is 0 Å². The van der Waals surface area contributed by atoms with Gasteiger partial charge in [0.15, 0.2) is 0 Å². The van der Waals surface area contributed by atoms with Gasteiger partial charge in [-0.15, -0.1) is 0 Å². The Labute approximate surface area is 57.1 Å². The molecule has 0 spiro atoms. The van der Waals surface area contributed by atoms with Crippen LogP contribution in [-0.2, 0) is 0 Å². The van der Waals surface area contributed by atoms with Gasteiger partial charge in [-0.1, -0.05) is 19.3 Å². The predicted molar refractivity (Wildman–Crippen MR) is 37.9 cm³/mol. The Morgan fingerprint density at radius 2 is 1.78 bits per heavy atom. The fraction of sp³-hybridized carbons (Fsp3) is 0.875. The second-order valence-electron chi connectivity index (χ2n) is 2.97. The lowest BCUT2D eigenvalue weighted by molar-refractivity contribution is 0.123. The standard InChI is InChI=1S/C8H15O/c1-7(9)8-5-3-2-4-6-8/h7-9H,1-6H2/t7-/m0/s1. The minimum absolute atomic E-state index is 0.315. The van der Waals surface area contributed by atoms with Crippen molar-refractivity contribution in [2.75, 3.05) is 0 Å². The van der Waals surface area contributed by atoms with Crippen molar-refractivity contribution in [1.29, 1.82) is 0 Å². The second-order valence-corrected chi connectivity index (χ2v) is 2.97. The van der Waals surface area contributed by atoms with E-state index in [4.69, 9.17) is 5.11 Å². The molecule has 1 atom stereocenters. The predicted octanol–water partition coefficient (Wildman–Crippen LogP) is 1.76. The summed E-state index contributed by atoms with van der Waals surface area (Å²) in [6.45, 7) is 3.62. The molecule has 0 unspecified atom stereocenters. The van der Waals surface area contributed by atoms with Gasteiger partial charge in [-0.05, 0) is 25.7 Å². The Morgan fingerprint density at radius 3 is 2.11 bits per heavy atom. The first-order chi connectivity index (χ1) is 4.30. The third kappa shape index (κ3) is 1.98. The third-order valence-corrected chi connectivity index (χ3v) is 2.19. The van der Waals surface area contributed by atoms with Crippen molar-refractivity contribution in [2.45, 2.75) is 38.2 Å². The van der Waals surface area contributed by atoms with Gasteiger partial charge in [0.1, 0.15) is 0 Å². The molecule has 1 rings (SSSR count). The van der Waals surface area contributed by atoms with E-state index in [0.717, 1.165) is 0 Å². The topological polar surface area (TPSA) is 20.2 Å². The summed E-state index contributed by atoms with van der Waals surface area (Å²) in [7, 11) is 0. The molecule has 1 heteroatoms. The minimum Gasteiger partial charge on any atom is -0.393 e. The van der Waals surface area contributed by atoms with E-state index in [2.05, 4.69) is 6.92 Å². The number of aliphatic hydroxyl groups is 1. The van der Waals surface area contributed by atoms with Crippen LogP contribution in [0.5, 0.6) is 0 Å². The van der Waals surface area contributed by atoms with Crippen LogP contribution in [0, 0.1) is 12.8 Å². The van der Waals surface area contributed by atoms with Gasteiger partial charge in [0.2, 0.25) is 0 Å². The van der Waals surface area contributed by atoms with Crippen molar-refractivity contribution >= 4 is 0 Å². The Morgan fingerprint density at radius 1 is 1.22 bits per heavy atom. The molecule has 1 aliphatic carbocycles. The highest BCUT2D eigenvalue weighted by Gasteiger charge is 2.17. The zero-order chi connectivity index (χ0) is 6.69. The van der Waals surface area contributed by atoms with E-state index in [1.807, 2.05) is 0 Å². The Hall–Kier alpha value is -0.0400. The average molecular weight is 127 g/mol. The Bertz CT molecular complexity index is 72.6. The van der Waals surface area contributed by atoms with Crippen LogP contribution < -0.4 is 0 Å². The quantitative estimate of drug-likeness (QED) is 0.569. The van der Waals surface area contributed by atoms with Crippen molar-refractivity contribution in [3.63, 3.8) is 0 Å². The fourth-order valence-electron chi connectivity index (χ4n) is 1.52. The summed E-state index contributed by atoms with van der Waals surface area (Å²) in [4.78, 5) is 0. The first kappa shape index (κ1) is 7.07. The maximum atomic E-state index is 9.07. The van der Waals surface area contributed by atoms with Gasteiger partial charge in [0.25, 0.3) is 0 Å². The van der Waals surface area contributed by atoms with Crippen molar-refractivity contribution in [3.8, 4) is 0 Å². The third-order valence-electron chi connectivity index (χ3n) is 2.19. The van der Waals surface area contributed by atoms with E-state index in [-0.39, 0.29) is 6.10 Å². The van der Waals surface area contributed by atoms with Crippen LogP contribution in [0.1, 0.15) is 32.1 Å². The summed E-state index contributed by atoms with van der Waals surface area (Å²) < 4.78 is 0. The summed E-state index contributed by atoms with van der Waals surface area (Å²) in [6, 6.07) is 0. The molecule has 0 heterocycles. The molecule has 9 heavy (non-hydrogen) atoms. The minimum atomic E-state index is -0.315. The molecule has 0 amide bonds. The molecule has 1 radical (unpaired) electrons. The average Bonchev–Trinajstić information content (AvgIpc) is 1.90. The highest BCUT2D eigenvalue weighted by molar-refractivity contribution is 4.73. The highest BCUT2D eigenvalue weighted by atomic mass is 16.3. The van der Waals surface area contributed by atoms with E-state index in [1.165, 1.54) is 32.1 Å². The normalized spacial score (nSPS) is 26.0. The van der Waals surface area contributed by atoms with Crippen LogP contribution in [-0.4, -0.2) is 11.2 Å². The molecule has 1 N–H and O–H groups in total. The van der Waals surface area contributed by atoms with Crippen molar-refractivity contribution in [3.05, 3.63) is 6.92 Å². The van der Waals surface area contributed by atoms with Gasteiger partial charge in [-0.2, -0.15) is 0 Å². The SMILES string of the molecule is [CH2][C@H](O)C1CCCCC1. The summed E-state index contributed by atoms with van der Waals surface area (Å²) in [5.74, 6) is 0.499. The van der Waals surface area contributed by atoms with Gasteiger partial charge >= 0.3 is 0 Å². The van der Waals surface area contributed by atoms with Crippen molar-refractivity contribution < 1.29 is 5.11 Å². The van der Waals surface area contributed by atoms with Crippen LogP contribution in [0.3, 0.4) is 0 Å². The molecule has 0 bridgehead atoms. The zero-order valence-corrected chi connectivity index (χ0v) is 5.84. The lowest BCUT2D eigenvalue weighted by atomic mass is 9.86. The van der Waals surface area contributed by atoms with Crippen molar-refractivity contribution in [2.24, 2.45) is 5.92 Å². The van der Waals surface area contributed by atoms with Crippen LogP contribution in [0.4, 0.5) is 0 Å². The smallest absolute Gasteiger partial charge is 0.0569 e. The van der Waals surface area contributed by atoms with Crippen molar-refractivity contribution in [1.82, 2.24) is 0 Å². The van der Waals surface area contributed by atoms with Crippen LogP contribution in [0.15, 0.2) is 0 Å². The summed E-state index contributed by atoms with van der Waals surface area (Å²) >= 11 is 0. The van der Waals surface area contributed by atoms with Gasteiger partial charge in [0.05, 0.1) is 6.10 Å². The van der Waals surface area contributed by atoms with E-state index in [1.54, 1.807) is 0 Å². The maximum absolute atomic E-state index is 9.07. The monoisotopic (exact) mass is 127 g/mol. The van der Waals surface area contributed by atoms with E-state index in [9.17, 15) is 0 Å². The summed E-state index contributed by atoms with van der Waals surface area (Å²) in [5, 5.41) is 9.07. The summed E-state index contributed by atoms with van der Waals surface area (Å²) in [6.07, 6.45) is 5.98. The number of aliphatic hydroxyl groups excluding tert-OH is 1. The number of hydrogen-bond acceptors (Lipinski definition) is 1. The second kappa shape index (κ2) is 3.21. The molecule has 0 aliphatic heterocycles. The summed E-state index contributed by atoms with van der Waals surface area (Å²) in [5.41, 5.74) is 0. The van der Waals surface area contributed by atoms with E-state index in [0.29, 0.717) is 5.92 Å². The Balaban J connectivity index is 2.23. The van der Waals surface area contributed by atoms with Crippen LogP contribution >= 0.6 is 0 Å². The maximum Gasteiger partial charge on any atom is 0.0569 e. The van der Waals surface area contributed by atoms with Gasteiger partial charge in [0, 0.05) is 0 Å². The molecule has 1 nitrogen and oxygen atoms in total. The molecule has 0 saturated heterocycles. The lowest BCUT2D eigenvalue weighted by Crippen LogP contribution is -2.19. The molecule has 0 aromatic carbocycles. The largest absolute Gasteiger partial charge is 0.393 e. The van der Waals surface area contributed by atoms with E-state index < -0.39 is 0 Å². The lowest BCUT2D eigenvalue weighted by Gasteiger charge is -2.23. The molecule has 1 aliphatic rings. The first-order valence-electron chi connectivity index (χ1n) is 3.82. The van der Waals surface area contributed by atoms with Crippen LogP contribution in [0.25, 0.3) is 0 Å². The highest BCUT2D eigenvalue weighted by Crippen LogP contribution is 2.25. The van der Waals surface area contributed by atoms with Gasteiger partial charge in [-0.3, -0.25) is 0 Å². The molecule has 1 saturated carbocycles. The molecule has 1 fully saturated rings. The molecular weight excluding hydrogens is 112 g/mol. The fourth-order valence-corrected chi connectivity index (χ4v) is 1.52. The van der Waals surface area contributed by atoms with E-state index >= 15 is 0 Å². The zero-order valence-electron chi connectivity index (χ0n) is 5.84. The number of rotatable bonds is 1. The number of hydrogen-bond donors (Lipinski definition) is 1. The Kier molecular flexibility index (Phi) is 2.52.